The van der Waals surface area contributed by atoms with Gasteiger partial charge in [-0.3, -0.25) is 4.79 Å². The summed E-state index contributed by atoms with van der Waals surface area (Å²) in [7, 11) is 0. The molecule has 0 aromatic heterocycles. The van der Waals surface area contributed by atoms with Crippen molar-refractivity contribution in [2.24, 2.45) is 0 Å². The van der Waals surface area contributed by atoms with Crippen LogP contribution in [0.1, 0.15) is 28.8 Å². The van der Waals surface area contributed by atoms with E-state index < -0.39 is 0 Å². The fourth-order valence-electron chi connectivity index (χ4n) is 1.88. The lowest BCUT2D eigenvalue weighted by atomic mass is 10.1. The second kappa shape index (κ2) is 7.22. The Hall–Kier alpha value is -1.44. The maximum absolute atomic E-state index is 12.1. The van der Waals surface area contributed by atoms with Crippen molar-refractivity contribution in [3.05, 3.63) is 35.4 Å². The molecule has 1 atom stereocenters. The smallest absolute Gasteiger partial charge is 0.251 e. The quantitative estimate of drug-likeness (QED) is 0.825. The minimum absolute atomic E-state index is 0.0293. The third-order valence-corrected chi connectivity index (χ3v) is 4.02. The van der Waals surface area contributed by atoms with E-state index in [0.29, 0.717) is 18.0 Å². The Labute approximate surface area is 117 Å². The van der Waals surface area contributed by atoms with Gasteiger partial charge in [0.05, 0.1) is 6.61 Å². The number of rotatable bonds is 3. The van der Waals surface area contributed by atoms with Gasteiger partial charge in [0.25, 0.3) is 5.91 Å². The van der Waals surface area contributed by atoms with E-state index in [1.807, 2.05) is 23.9 Å². The lowest BCUT2D eigenvalue weighted by molar-refractivity contribution is 0.0941. The molecule has 0 saturated carbocycles. The first kappa shape index (κ1) is 14.0. The van der Waals surface area contributed by atoms with Gasteiger partial charge in [0.1, 0.15) is 0 Å². The summed E-state index contributed by atoms with van der Waals surface area (Å²) in [6.07, 6.45) is 1.50. The highest BCUT2D eigenvalue weighted by Crippen LogP contribution is 2.17. The summed E-state index contributed by atoms with van der Waals surface area (Å²) in [5, 5.41) is 11.7. The number of aliphatic hydroxyl groups excluding tert-OH is 1. The molecule has 0 bridgehead atoms. The van der Waals surface area contributed by atoms with Crippen LogP contribution in [0.5, 0.6) is 0 Å². The van der Waals surface area contributed by atoms with E-state index in [9.17, 15) is 4.79 Å². The Morgan fingerprint density at radius 2 is 2.42 bits per heavy atom. The van der Waals surface area contributed by atoms with Crippen molar-refractivity contribution in [1.82, 2.24) is 5.32 Å². The topological polar surface area (TPSA) is 49.3 Å². The van der Waals surface area contributed by atoms with Gasteiger partial charge in [-0.15, -0.1) is 0 Å². The van der Waals surface area contributed by atoms with E-state index in [1.165, 1.54) is 0 Å². The molecular formula is C15H17NO2S. The van der Waals surface area contributed by atoms with Crippen LogP contribution in [0.4, 0.5) is 0 Å². The largest absolute Gasteiger partial charge is 0.395 e. The summed E-state index contributed by atoms with van der Waals surface area (Å²) in [5.41, 5.74) is 1.45. The van der Waals surface area contributed by atoms with Gasteiger partial charge in [0.2, 0.25) is 0 Å². The second-order valence-corrected chi connectivity index (χ2v) is 5.54. The second-order valence-electron chi connectivity index (χ2n) is 4.39. The predicted molar refractivity (Wildman–Crippen MR) is 78.2 cm³/mol. The Kier molecular flexibility index (Phi) is 5.31. The van der Waals surface area contributed by atoms with Crippen molar-refractivity contribution in [3.63, 3.8) is 0 Å². The number of carbonyl (C=O) groups excluding carboxylic acids is 1. The first-order valence-corrected chi connectivity index (χ1v) is 7.53. The molecule has 1 aromatic rings. The van der Waals surface area contributed by atoms with Gasteiger partial charge in [-0.2, -0.15) is 11.8 Å². The summed E-state index contributed by atoms with van der Waals surface area (Å²) in [6.45, 7) is 0.0620. The lowest BCUT2D eigenvalue weighted by Gasteiger charge is -2.11. The van der Waals surface area contributed by atoms with Crippen molar-refractivity contribution < 1.29 is 9.90 Å². The van der Waals surface area contributed by atoms with Gasteiger partial charge >= 0.3 is 0 Å². The molecular weight excluding hydrogens is 258 g/mol. The Morgan fingerprint density at radius 1 is 1.53 bits per heavy atom. The maximum Gasteiger partial charge on any atom is 0.251 e. The molecule has 0 spiro atoms. The van der Waals surface area contributed by atoms with E-state index in [-0.39, 0.29) is 12.5 Å². The van der Waals surface area contributed by atoms with E-state index >= 15 is 0 Å². The van der Waals surface area contributed by atoms with Crippen LogP contribution in [0.2, 0.25) is 0 Å². The summed E-state index contributed by atoms with van der Waals surface area (Å²) in [6, 6.07) is 7.59. The SMILES string of the molecule is O=C(NC1CCSC1)c1cccc(C#CCCO)c1. The zero-order valence-electron chi connectivity index (χ0n) is 10.7. The third-order valence-electron chi connectivity index (χ3n) is 2.86. The predicted octanol–water partition coefficient (Wildman–Crippen LogP) is 1.66. The number of amides is 1. The normalized spacial score (nSPS) is 17.6. The molecule has 1 fully saturated rings. The standard InChI is InChI=1S/C15H17NO2S/c17-8-2-1-4-12-5-3-6-13(10-12)15(18)16-14-7-9-19-11-14/h3,5-6,10,14,17H,2,7-9,11H2,(H,16,18). The van der Waals surface area contributed by atoms with E-state index in [4.69, 9.17) is 5.11 Å². The van der Waals surface area contributed by atoms with Gasteiger partial charge in [-0.1, -0.05) is 17.9 Å². The van der Waals surface area contributed by atoms with Crippen LogP contribution in [0.15, 0.2) is 24.3 Å². The molecule has 1 heterocycles. The van der Waals surface area contributed by atoms with Crippen molar-refractivity contribution in [2.45, 2.75) is 18.9 Å². The lowest BCUT2D eigenvalue weighted by Crippen LogP contribution is -2.34. The van der Waals surface area contributed by atoms with Gasteiger partial charge < -0.3 is 10.4 Å². The number of nitrogens with one attached hydrogen (secondary N) is 1. The first-order chi connectivity index (χ1) is 9.29. The van der Waals surface area contributed by atoms with Gasteiger partial charge in [0, 0.05) is 29.3 Å². The average molecular weight is 275 g/mol. The van der Waals surface area contributed by atoms with Crippen LogP contribution in [0, 0.1) is 11.8 Å². The molecule has 3 nitrogen and oxygen atoms in total. The van der Waals surface area contributed by atoms with Crippen molar-refractivity contribution in [2.75, 3.05) is 18.1 Å². The molecule has 2 rings (SSSR count). The van der Waals surface area contributed by atoms with E-state index in [0.717, 1.165) is 23.5 Å². The number of benzene rings is 1. The van der Waals surface area contributed by atoms with Gasteiger partial charge in [0.15, 0.2) is 0 Å². The Morgan fingerprint density at radius 3 is 3.16 bits per heavy atom. The van der Waals surface area contributed by atoms with Crippen LogP contribution in [0.3, 0.4) is 0 Å². The highest BCUT2D eigenvalue weighted by atomic mass is 32.2. The molecule has 0 radical (unpaired) electrons. The first-order valence-electron chi connectivity index (χ1n) is 6.38. The molecule has 1 saturated heterocycles. The fraction of sp³-hybridized carbons (Fsp3) is 0.400. The molecule has 19 heavy (non-hydrogen) atoms. The van der Waals surface area contributed by atoms with Crippen LogP contribution >= 0.6 is 11.8 Å². The summed E-state index contributed by atoms with van der Waals surface area (Å²) in [5.74, 6) is 7.89. The number of hydrogen-bond acceptors (Lipinski definition) is 3. The Bertz CT molecular complexity index is 498. The minimum Gasteiger partial charge on any atom is -0.395 e. The van der Waals surface area contributed by atoms with Gasteiger partial charge in [-0.05, 0) is 30.4 Å². The zero-order valence-corrected chi connectivity index (χ0v) is 11.5. The van der Waals surface area contributed by atoms with E-state index in [2.05, 4.69) is 17.2 Å². The van der Waals surface area contributed by atoms with E-state index in [1.54, 1.807) is 12.1 Å². The van der Waals surface area contributed by atoms with Gasteiger partial charge in [-0.25, -0.2) is 0 Å². The molecule has 1 aliphatic rings. The average Bonchev–Trinajstić information content (AvgIpc) is 2.92. The molecule has 4 heteroatoms. The summed E-state index contributed by atoms with van der Waals surface area (Å²) >= 11 is 1.88. The highest BCUT2D eigenvalue weighted by molar-refractivity contribution is 7.99. The monoisotopic (exact) mass is 275 g/mol. The molecule has 1 aliphatic heterocycles. The van der Waals surface area contributed by atoms with Crippen molar-refractivity contribution >= 4 is 17.7 Å². The van der Waals surface area contributed by atoms with Crippen LogP contribution < -0.4 is 5.32 Å². The minimum atomic E-state index is -0.0293. The number of hydrogen-bond donors (Lipinski definition) is 2. The molecule has 0 aliphatic carbocycles. The summed E-state index contributed by atoms with van der Waals surface area (Å²) in [4.78, 5) is 12.1. The molecule has 1 aromatic carbocycles. The maximum atomic E-state index is 12.1. The van der Waals surface area contributed by atoms with Crippen LogP contribution in [0.25, 0.3) is 0 Å². The van der Waals surface area contributed by atoms with Crippen LogP contribution in [-0.4, -0.2) is 35.2 Å². The number of aliphatic hydroxyl groups is 1. The zero-order chi connectivity index (χ0) is 13.5. The molecule has 100 valence electrons. The highest BCUT2D eigenvalue weighted by Gasteiger charge is 2.18. The third kappa shape index (κ3) is 4.30. The number of thioether (sulfide) groups is 1. The van der Waals surface area contributed by atoms with Crippen molar-refractivity contribution in [3.8, 4) is 11.8 Å². The van der Waals surface area contributed by atoms with Crippen molar-refractivity contribution in [1.29, 1.82) is 0 Å². The summed E-state index contributed by atoms with van der Waals surface area (Å²) < 4.78 is 0. The Balaban J connectivity index is 2.01. The number of carbonyl (C=O) groups is 1. The van der Waals surface area contributed by atoms with Crippen LogP contribution in [-0.2, 0) is 0 Å². The molecule has 1 unspecified atom stereocenters. The molecule has 2 N–H and O–H groups in total. The molecule has 1 amide bonds. The fourth-order valence-corrected chi connectivity index (χ4v) is 3.03.